The van der Waals surface area contributed by atoms with Crippen LogP contribution in [0, 0.1) is 6.92 Å². The van der Waals surface area contributed by atoms with Gasteiger partial charge in [-0.25, -0.2) is 9.50 Å². The van der Waals surface area contributed by atoms with Gasteiger partial charge in [-0.2, -0.15) is 5.10 Å². The molecule has 34 heavy (non-hydrogen) atoms. The van der Waals surface area contributed by atoms with Gasteiger partial charge in [-0.15, -0.1) is 11.3 Å². The molecule has 0 aromatic carbocycles. The van der Waals surface area contributed by atoms with Crippen LogP contribution in [0.1, 0.15) is 72.5 Å². The van der Waals surface area contributed by atoms with Crippen LogP contribution in [0.15, 0.2) is 24.8 Å². The summed E-state index contributed by atoms with van der Waals surface area (Å²) in [4.78, 5) is 15.9. The van der Waals surface area contributed by atoms with Crippen molar-refractivity contribution >= 4 is 27.2 Å². The van der Waals surface area contributed by atoms with Crippen molar-refractivity contribution in [1.29, 1.82) is 0 Å². The molecule has 0 fully saturated rings. The molecule has 7 rings (SSSR count). The normalized spacial score (nSPS) is 15.5. The number of pyridine rings is 2. The molecule has 0 unspecified atom stereocenters. The fourth-order valence-corrected chi connectivity index (χ4v) is 7.48. The lowest BCUT2D eigenvalue weighted by atomic mass is 9.92. The second-order valence-corrected chi connectivity index (χ2v) is 11.3. The van der Waals surface area contributed by atoms with Crippen LogP contribution >= 0.6 is 11.3 Å². The maximum absolute atomic E-state index is 4.86. The standard InChI is InChI=1S/C28H29N5S/c1-15(2)23-24-16(3)26(18-11-17-7-4-5-10-22(17)29-12-18)34-28(24)32-25(23)21-13-33-27(30-14-31-33)20-9-6-8-19(20)21/h11-15,32H,4-10H2,1-3H3. The minimum Gasteiger partial charge on any atom is -0.346 e. The van der Waals surface area contributed by atoms with E-state index in [0.717, 1.165) is 31.3 Å². The molecule has 0 bridgehead atoms. The van der Waals surface area contributed by atoms with E-state index in [1.165, 1.54) is 84.7 Å². The van der Waals surface area contributed by atoms with Crippen LogP contribution in [-0.4, -0.2) is 24.6 Å². The van der Waals surface area contributed by atoms with Gasteiger partial charge in [0.25, 0.3) is 0 Å². The van der Waals surface area contributed by atoms with Gasteiger partial charge >= 0.3 is 0 Å². The van der Waals surface area contributed by atoms with E-state index in [9.17, 15) is 0 Å². The predicted octanol–water partition coefficient (Wildman–Crippen LogP) is 6.80. The summed E-state index contributed by atoms with van der Waals surface area (Å²) < 4.78 is 1.97. The summed E-state index contributed by atoms with van der Waals surface area (Å²) in [6, 6.07) is 2.40. The third-order valence-electron chi connectivity index (χ3n) is 7.84. The fraction of sp³-hybridized carbons (Fsp3) is 0.393. The van der Waals surface area contributed by atoms with Crippen molar-refractivity contribution in [3.8, 4) is 21.7 Å². The first-order valence-corrected chi connectivity index (χ1v) is 13.4. The number of rotatable bonds is 3. The third kappa shape index (κ3) is 2.87. The highest BCUT2D eigenvalue weighted by Gasteiger charge is 2.27. The molecular formula is C28H29N5S. The molecular weight excluding hydrogens is 438 g/mol. The van der Waals surface area contributed by atoms with Crippen LogP contribution in [0.3, 0.4) is 0 Å². The molecule has 2 aliphatic carbocycles. The number of aromatic nitrogens is 5. The first-order valence-electron chi connectivity index (χ1n) is 12.6. The van der Waals surface area contributed by atoms with Gasteiger partial charge in [-0.1, -0.05) is 13.8 Å². The summed E-state index contributed by atoms with van der Waals surface area (Å²) in [5.74, 6) is 0.412. The minimum atomic E-state index is 0.412. The molecule has 5 nitrogen and oxygen atoms in total. The van der Waals surface area contributed by atoms with E-state index in [1.54, 1.807) is 6.33 Å². The van der Waals surface area contributed by atoms with Gasteiger partial charge < -0.3 is 4.98 Å². The lowest BCUT2D eigenvalue weighted by Gasteiger charge is -2.16. The van der Waals surface area contributed by atoms with E-state index in [4.69, 9.17) is 4.98 Å². The lowest BCUT2D eigenvalue weighted by molar-refractivity contribution is 0.668. The van der Waals surface area contributed by atoms with Gasteiger partial charge in [0, 0.05) is 45.0 Å². The van der Waals surface area contributed by atoms with Gasteiger partial charge in [0.1, 0.15) is 11.2 Å². The summed E-state index contributed by atoms with van der Waals surface area (Å²) in [6.07, 6.45) is 14.2. The number of hydrogen-bond donors (Lipinski definition) is 1. The second-order valence-electron chi connectivity index (χ2n) is 10.2. The molecule has 0 saturated heterocycles. The fourth-order valence-electron chi connectivity index (χ4n) is 6.27. The van der Waals surface area contributed by atoms with Crippen LogP contribution in [0.4, 0.5) is 0 Å². The van der Waals surface area contributed by atoms with Crippen LogP contribution in [-0.2, 0) is 25.7 Å². The van der Waals surface area contributed by atoms with Crippen molar-refractivity contribution in [3.05, 3.63) is 58.3 Å². The minimum absolute atomic E-state index is 0.412. The van der Waals surface area contributed by atoms with Crippen LogP contribution < -0.4 is 0 Å². The monoisotopic (exact) mass is 467 g/mol. The zero-order valence-electron chi connectivity index (χ0n) is 20.0. The number of nitrogens with one attached hydrogen (secondary N) is 1. The number of H-pyrrole nitrogens is 1. The topological polar surface area (TPSA) is 58.9 Å². The molecule has 0 spiro atoms. The summed E-state index contributed by atoms with van der Waals surface area (Å²) in [6.45, 7) is 6.93. The van der Waals surface area contributed by atoms with Gasteiger partial charge in [-0.05, 0) is 86.1 Å². The van der Waals surface area contributed by atoms with Crippen molar-refractivity contribution in [1.82, 2.24) is 24.6 Å². The Bertz CT molecular complexity index is 1580. The Hall–Kier alpha value is -2.99. The van der Waals surface area contributed by atoms with Crippen molar-refractivity contribution in [2.45, 2.75) is 71.6 Å². The van der Waals surface area contributed by atoms with E-state index in [0.29, 0.717) is 5.92 Å². The highest BCUT2D eigenvalue weighted by molar-refractivity contribution is 7.22. The van der Waals surface area contributed by atoms with Crippen LogP contribution in [0.25, 0.3) is 37.6 Å². The SMILES string of the molecule is Cc1c(-c2cnc3c(c2)CCCC3)sc2[nH]c(-c3cn4ncnc4c4c3CCC4)c(C(C)C)c12. The van der Waals surface area contributed by atoms with Gasteiger partial charge in [0.05, 0.1) is 5.69 Å². The number of thiophene rings is 1. The Morgan fingerprint density at radius 1 is 1.03 bits per heavy atom. The van der Waals surface area contributed by atoms with Crippen LogP contribution in [0.5, 0.6) is 0 Å². The molecule has 6 heteroatoms. The lowest BCUT2D eigenvalue weighted by Crippen LogP contribution is -2.05. The summed E-state index contributed by atoms with van der Waals surface area (Å²) in [5, 5.41) is 5.89. The van der Waals surface area contributed by atoms with E-state index in [1.807, 2.05) is 15.9 Å². The van der Waals surface area contributed by atoms with E-state index in [2.05, 4.69) is 54.3 Å². The van der Waals surface area contributed by atoms with Gasteiger partial charge in [0.15, 0.2) is 5.65 Å². The highest BCUT2D eigenvalue weighted by atomic mass is 32.1. The van der Waals surface area contributed by atoms with E-state index >= 15 is 0 Å². The maximum Gasteiger partial charge on any atom is 0.158 e. The maximum atomic E-state index is 4.86. The largest absolute Gasteiger partial charge is 0.346 e. The Morgan fingerprint density at radius 3 is 2.76 bits per heavy atom. The third-order valence-corrected chi connectivity index (χ3v) is 9.10. The number of nitrogens with zero attached hydrogens (tertiary/aromatic N) is 4. The molecule has 5 aromatic rings. The Balaban J connectivity index is 1.43. The molecule has 0 amide bonds. The smallest absolute Gasteiger partial charge is 0.158 e. The molecule has 0 aliphatic heterocycles. The summed E-state index contributed by atoms with van der Waals surface area (Å²) >= 11 is 1.88. The number of aryl methyl sites for hydroxylation is 4. The average Bonchev–Trinajstić information content (AvgIpc) is 3.61. The molecule has 0 radical (unpaired) electrons. The zero-order valence-corrected chi connectivity index (χ0v) is 20.9. The first-order chi connectivity index (χ1) is 16.6. The Kier molecular flexibility index (Phi) is 4.50. The molecule has 5 aromatic heterocycles. The second kappa shape index (κ2) is 7.51. The highest BCUT2D eigenvalue weighted by Crippen LogP contribution is 2.47. The number of fused-ring (bicyclic) bond motifs is 5. The van der Waals surface area contributed by atoms with E-state index < -0.39 is 0 Å². The van der Waals surface area contributed by atoms with Crippen LogP contribution in [0.2, 0.25) is 0 Å². The van der Waals surface area contributed by atoms with Crippen molar-refractivity contribution < 1.29 is 0 Å². The molecule has 0 saturated carbocycles. The zero-order chi connectivity index (χ0) is 23.0. The number of aromatic amines is 1. The summed E-state index contributed by atoms with van der Waals surface area (Å²) in [5.41, 5.74) is 13.2. The van der Waals surface area contributed by atoms with Crippen molar-refractivity contribution in [2.24, 2.45) is 0 Å². The Morgan fingerprint density at radius 2 is 1.88 bits per heavy atom. The molecule has 2 aliphatic rings. The van der Waals surface area contributed by atoms with E-state index in [-0.39, 0.29) is 0 Å². The first kappa shape index (κ1) is 20.4. The molecule has 1 N–H and O–H groups in total. The molecule has 0 atom stereocenters. The quantitative estimate of drug-likeness (QED) is 0.317. The number of hydrogen-bond acceptors (Lipinski definition) is 4. The summed E-state index contributed by atoms with van der Waals surface area (Å²) in [7, 11) is 0. The van der Waals surface area contributed by atoms with Crippen molar-refractivity contribution in [2.75, 3.05) is 0 Å². The molecule has 172 valence electrons. The average molecular weight is 468 g/mol. The predicted molar refractivity (Wildman–Crippen MR) is 139 cm³/mol. The van der Waals surface area contributed by atoms with Gasteiger partial charge in [0.2, 0.25) is 0 Å². The molecule has 5 heterocycles. The Labute approximate surface area is 203 Å². The van der Waals surface area contributed by atoms with Crippen molar-refractivity contribution in [3.63, 3.8) is 0 Å². The van der Waals surface area contributed by atoms with Gasteiger partial charge in [-0.3, -0.25) is 4.98 Å².